The molecular weight excluding hydrogens is 536 g/mol. The molecule has 0 atom stereocenters. The molecule has 5 rings (SSSR count). The Kier molecular flexibility index (Phi) is 7.26. The van der Waals surface area contributed by atoms with Crippen molar-refractivity contribution < 1.29 is 37.3 Å². The molecule has 0 unspecified atom stereocenters. The van der Waals surface area contributed by atoms with Gasteiger partial charge < -0.3 is 23.9 Å². The highest BCUT2D eigenvalue weighted by Crippen LogP contribution is 2.38. The average molecular weight is 557 g/mol. The Hall–Kier alpha value is -4.36. The van der Waals surface area contributed by atoms with Crippen LogP contribution >= 0.6 is 7.82 Å². The third-order valence-corrected chi connectivity index (χ3v) is 6.11. The van der Waals surface area contributed by atoms with Gasteiger partial charge in [-0.3, -0.25) is 19.9 Å². The first-order valence-electron chi connectivity index (χ1n) is 11.5. The van der Waals surface area contributed by atoms with E-state index in [2.05, 4.69) is 19.8 Å². The molecule has 3 N–H and O–H groups in total. The summed E-state index contributed by atoms with van der Waals surface area (Å²) in [7, 11) is -4.71. The SMILES string of the molecule is O=[N+]([O-])c1ccc(/C=C/c2nc(Nc3ccc(OP(=O)(O)O)cc3)c3cc(N4CCOCC4)c(F)cc3n2)o1. The fourth-order valence-corrected chi connectivity index (χ4v) is 4.33. The van der Waals surface area contributed by atoms with Crippen molar-refractivity contribution in [2.75, 3.05) is 36.5 Å². The molecule has 13 nitrogen and oxygen atoms in total. The molecule has 0 saturated carbocycles. The predicted molar refractivity (Wildman–Crippen MR) is 139 cm³/mol. The van der Waals surface area contributed by atoms with Gasteiger partial charge in [-0.25, -0.2) is 18.9 Å². The zero-order valence-corrected chi connectivity index (χ0v) is 21.0. The molecular formula is C24H21FN5O8P. The van der Waals surface area contributed by atoms with Gasteiger partial charge in [0.05, 0.1) is 30.5 Å². The Labute approximate surface area is 219 Å². The topological polar surface area (TPSA) is 173 Å². The van der Waals surface area contributed by atoms with E-state index in [4.69, 9.17) is 18.9 Å². The lowest BCUT2D eigenvalue weighted by molar-refractivity contribution is -0.402. The van der Waals surface area contributed by atoms with E-state index in [0.29, 0.717) is 54.4 Å². The van der Waals surface area contributed by atoms with Crippen LogP contribution in [0.4, 0.5) is 27.5 Å². The Morgan fingerprint density at radius 2 is 1.85 bits per heavy atom. The lowest BCUT2D eigenvalue weighted by Gasteiger charge is -2.29. The van der Waals surface area contributed by atoms with Crippen molar-refractivity contribution in [3.8, 4) is 5.75 Å². The van der Waals surface area contributed by atoms with Crippen LogP contribution < -0.4 is 14.7 Å². The molecule has 2 aromatic carbocycles. The molecule has 0 bridgehead atoms. The normalized spacial score (nSPS) is 14.2. The molecule has 0 aliphatic carbocycles. The summed E-state index contributed by atoms with van der Waals surface area (Å²) in [5, 5.41) is 14.5. The lowest BCUT2D eigenvalue weighted by Crippen LogP contribution is -2.36. The van der Waals surface area contributed by atoms with Crippen molar-refractivity contribution in [2.24, 2.45) is 0 Å². The third-order valence-electron chi connectivity index (χ3n) is 5.66. The first-order valence-corrected chi connectivity index (χ1v) is 13.1. The number of anilines is 3. The summed E-state index contributed by atoms with van der Waals surface area (Å²) in [6.07, 6.45) is 2.92. The van der Waals surface area contributed by atoms with Crippen molar-refractivity contribution in [1.29, 1.82) is 0 Å². The summed E-state index contributed by atoms with van der Waals surface area (Å²) in [4.78, 5) is 39.1. The van der Waals surface area contributed by atoms with Gasteiger partial charge >= 0.3 is 13.7 Å². The van der Waals surface area contributed by atoms with Crippen molar-refractivity contribution in [1.82, 2.24) is 9.97 Å². The highest BCUT2D eigenvalue weighted by Gasteiger charge is 2.19. The van der Waals surface area contributed by atoms with Crippen molar-refractivity contribution in [2.45, 2.75) is 0 Å². The number of morpholine rings is 1. The number of rotatable bonds is 8. The molecule has 202 valence electrons. The average Bonchev–Trinajstić information content (AvgIpc) is 3.37. The number of phosphoric acid groups is 1. The van der Waals surface area contributed by atoms with Gasteiger partial charge in [-0.15, -0.1) is 0 Å². The maximum Gasteiger partial charge on any atom is 0.524 e. The molecule has 4 aromatic rings. The second-order valence-electron chi connectivity index (χ2n) is 8.35. The minimum Gasteiger partial charge on any atom is -0.404 e. The van der Waals surface area contributed by atoms with Crippen LogP contribution in [-0.4, -0.2) is 51.0 Å². The van der Waals surface area contributed by atoms with Crippen LogP contribution in [-0.2, 0) is 9.30 Å². The molecule has 0 amide bonds. The lowest BCUT2D eigenvalue weighted by atomic mass is 10.1. The molecule has 1 saturated heterocycles. The van der Waals surface area contributed by atoms with Crippen molar-refractivity contribution in [3.05, 3.63) is 76.0 Å². The second kappa shape index (κ2) is 10.8. The molecule has 3 heterocycles. The molecule has 2 aromatic heterocycles. The molecule has 15 heteroatoms. The van der Waals surface area contributed by atoms with Gasteiger partial charge in [-0.1, -0.05) is 0 Å². The number of hydrogen-bond donors (Lipinski definition) is 3. The van der Waals surface area contributed by atoms with E-state index in [1.54, 1.807) is 6.07 Å². The fraction of sp³-hybridized carbons (Fsp3) is 0.167. The van der Waals surface area contributed by atoms with Crippen molar-refractivity contribution >= 4 is 54.0 Å². The highest BCUT2D eigenvalue weighted by molar-refractivity contribution is 7.46. The van der Waals surface area contributed by atoms with E-state index >= 15 is 4.39 Å². The van der Waals surface area contributed by atoms with Crippen LogP contribution in [0, 0.1) is 15.9 Å². The number of nitrogens with zero attached hydrogens (tertiary/aromatic N) is 4. The number of fused-ring (bicyclic) bond motifs is 1. The van der Waals surface area contributed by atoms with Crippen molar-refractivity contribution in [3.63, 3.8) is 0 Å². The maximum absolute atomic E-state index is 15.2. The van der Waals surface area contributed by atoms with Gasteiger partial charge in [-0.2, -0.15) is 0 Å². The summed E-state index contributed by atoms with van der Waals surface area (Å²) in [5.74, 6) is -0.221. The second-order valence-corrected chi connectivity index (χ2v) is 9.51. The smallest absolute Gasteiger partial charge is 0.404 e. The number of halogens is 1. The van der Waals surface area contributed by atoms with Crippen LogP contribution in [0.3, 0.4) is 0 Å². The first kappa shape index (κ1) is 26.3. The third kappa shape index (κ3) is 6.38. The predicted octanol–water partition coefficient (Wildman–Crippen LogP) is 4.49. The number of phosphoric ester groups is 1. The number of furan rings is 1. The summed E-state index contributed by atoms with van der Waals surface area (Å²) in [6.45, 7) is 1.97. The molecule has 0 radical (unpaired) electrons. The Balaban J connectivity index is 1.53. The molecule has 1 aliphatic rings. The van der Waals surface area contributed by atoms with Gasteiger partial charge in [0.15, 0.2) is 5.82 Å². The van der Waals surface area contributed by atoms with E-state index in [9.17, 15) is 14.7 Å². The largest absolute Gasteiger partial charge is 0.524 e. The number of nitro groups is 1. The van der Waals surface area contributed by atoms with E-state index in [-0.39, 0.29) is 17.3 Å². The Morgan fingerprint density at radius 3 is 2.51 bits per heavy atom. The summed E-state index contributed by atoms with van der Waals surface area (Å²) < 4.78 is 41.3. The van der Waals surface area contributed by atoms with Crippen LogP contribution in [0.2, 0.25) is 0 Å². The van der Waals surface area contributed by atoms with Crippen LogP contribution in [0.15, 0.2) is 52.9 Å². The number of hydrogen-bond acceptors (Lipinski definition) is 10. The van der Waals surface area contributed by atoms with E-state index < -0.39 is 24.4 Å². The number of benzene rings is 2. The molecule has 1 fully saturated rings. The Morgan fingerprint density at radius 1 is 1.10 bits per heavy atom. The first-order chi connectivity index (χ1) is 18.6. The molecule has 0 spiro atoms. The number of ether oxygens (including phenoxy) is 1. The zero-order chi connectivity index (χ0) is 27.6. The van der Waals surface area contributed by atoms with Gasteiger partial charge in [0.2, 0.25) is 0 Å². The van der Waals surface area contributed by atoms with Crippen LogP contribution in [0.5, 0.6) is 5.75 Å². The summed E-state index contributed by atoms with van der Waals surface area (Å²) in [5.41, 5.74) is 1.17. The summed E-state index contributed by atoms with van der Waals surface area (Å²) >= 11 is 0. The standard InChI is InChI=1S/C24H21FN5O8P/c25-19-14-20-18(13-21(19)29-9-11-36-12-10-29)24(26-15-1-3-17(4-2-15)38-39(33,34)35)28-22(27-20)7-5-16-6-8-23(37-16)30(31)32/h1-8,13-14H,9-12H2,(H,26,27,28)(H2,33,34,35)/b7-5+. The van der Waals surface area contributed by atoms with E-state index in [0.717, 1.165) is 0 Å². The number of nitrogens with one attached hydrogen (secondary N) is 1. The van der Waals surface area contributed by atoms with E-state index in [1.165, 1.54) is 54.6 Å². The van der Waals surface area contributed by atoms with Crippen LogP contribution in [0.25, 0.3) is 23.1 Å². The maximum atomic E-state index is 15.2. The minimum absolute atomic E-state index is 0.0331. The van der Waals surface area contributed by atoms with Gasteiger partial charge in [0, 0.05) is 30.2 Å². The highest BCUT2D eigenvalue weighted by atomic mass is 31.2. The molecule has 39 heavy (non-hydrogen) atoms. The molecule has 1 aliphatic heterocycles. The number of aromatic nitrogens is 2. The quantitative estimate of drug-likeness (QED) is 0.158. The van der Waals surface area contributed by atoms with Gasteiger partial charge in [0.25, 0.3) is 0 Å². The summed E-state index contributed by atoms with van der Waals surface area (Å²) in [6, 6.07) is 11.4. The van der Waals surface area contributed by atoms with Crippen LogP contribution in [0.1, 0.15) is 11.6 Å². The Bertz CT molecular complexity index is 1600. The fourth-order valence-electron chi connectivity index (χ4n) is 3.93. The van der Waals surface area contributed by atoms with Gasteiger partial charge in [-0.05, 0) is 48.6 Å². The van der Waals surface area contributed by atoms with Gasteiger partial charge in [0.1, 0.15) is 28.1 Å². The van der Waals surface area contributed by atoms with E-state index in [1.807, 2.05) is 4.90 Å². The monoisotopic (exact) mass is 557 g/mol. The zero-order valence-electron chi connectivity index (χ0n) is 20.1. The minimum atomic E-state index is -4.71.